The van der Waals surface area contributed by atoms with Crippen molar-refractivity contribution in [1.82, 2.24) is 23.6 Å². The molecule has 1 aliphatic heterocycles. The number of aryl methyl sites for hydroxylation is 1. The van der Waals surface area contributed by atoms with Crippen LogP contribution >= 0.6 is 11.8 Å². The fourth-order valence-electron chi connectivity index (χ4n) is 3.13. The monoisotopic (exact) mass is 351 g/mol. The van der Waals surface area contributed by atoms with Crippen LogP contribution in [0.3, 0.4) is 0 Å². The first kappa shape index (κ1) is 17.0. The maximum Gasteiger partial charge on any atom is 0.332 e. The second kappa shape index (κ2) is 6.56. The molecule has 24 heavy (non-hydrogen) atoms. The highest BCUT2D eigenvalue weighted by Crippen LogP contribution is 2.31. The minimum atomic E-state index is -0.411. The van der Waals surface area contributed by atoms with Crippen molar-refractivity contribution >= 4 is 28.0 Å². The van der Waals surface area contributed by atoms with Gasteiger partial charge in [-0.25, -0.2) is 9.78 Å². The Kier molecular flexibility index (Phi) is 4.64. The molecule has 0 amide bonds. The Morgan fingerprint density at radius 1 is 1.17 bits per heavy atom. The molecule has 0 aliphatic carbocycles. The summed E-state index contributed by atoms with van der Waals surface area (Å²) in [4.78, 5) is 42.9. The summed E-state index contributed by atoms with van der Waals surface area (Å²) < 4.78 is 4.17. The van der Waals surface area contributed by atoms with E-state index in [0.717, 1.165) is 30.5 Å². The van der Waals surface area contributed by atoms with Crippen LogP contribution in [0.2, 0.25) is 0 Å². The lowest BCUT2D eigenvalue weighted by Gasteiger charge is -2.34. The van der Waals surface area contributed by atoms with Gasteiger partial charge in [-0.05, 0) is 24.6 Å². The number of fused-ring (bicyclic) bond motifs is 1. The molecule has 1 fully saturated rings. The number of aromatic nitrogens is 4. The van der Waals surface area contributed by atoms with E-state index in [2.05, 4.69) is 9.88 Å². The molecule has 0 saturated carbocycles. The van der Waals surface area contributed by atoms with Crippen LogP contribution in [-0.4, -0.2) is 41.8 Å². The van der Waals surface area contributed by atoms with Crippen LogP contribution in [0.4, 0.5) is 0 Å². The van der Waals surface area contributed by atoms with E-state index in [1.165, 1.54) is 36.7 Å². The summed E-state index contributed by atoms with van der Waals surface area (Å²) in [7, 11) is 3.05. The van der Waals surface area contributed by atoms with Crippen LogP contribution in [0.5, 0.6) is 0 Å². The highest BCUT2D eigenvalue weighted by molar-refractivity contribution is 8.13. The van der Waals surface area contributed by atoms with Crippen LogP contribution in [0.1, 0.15) is 31.7 Å². The fraction of sp³-hybridized carbons (Fsp3) is 0.600. The first-order valence-electron chi connectivity index (χ1n) is 7.95. The van der Waals surface area contributed by atoms with E-state index in [9.17, 15) is 14.4 Å². The molecule has 1 atom stereocenters. The number of piperidine rings is 1. The molecule has 1 saturated heterocycles. The molecule has 1 aliphatic rings. The third-order valence-corrected chi connectivity index (χ3v) is 5.45. The maximum absolute atomic E-state index is 12.6. The summed E-state index contributed by atoms with van der Waals surface area (Å²) in [5.41, 5.74) is -0.431. The third-order valence-electron chi connectivity index (χ3n) is 4.39. The second-order valence-corrected chi connectivity index (χ2v) is 7.29. The number of carbonyl (C=O) groups is 1. The molecule has 9 heteroatoms. The summed E-state index contributed by atoms with van der Waals surface area (Å²) in [6, 6.07) is 0. The molecule has 8 nitrogen and oxygen atoms in total. The zero-order chi connectivity index (χ0) is 17.4. The van der Waals surface area contributed by atoms with Crippen molar-refractivity contribution < 1.29 is 4.79 Å². The molecule has 1 unspecified atom stereocenters. The molecule has 3 rings (SSSR count). The molecule has 0 spiro atoms. The van der Waals surface area contributed by atoms with Gasteiger partial charge in [0.1, 0.15) is 5.50 Å². The Bertz CT molecular complexity index is 891. The van der Waals surface area contributed by atoms with Crippen molar-refractivity contribution in [3.8, 4) is 0 Å². The summed E-state index contributed by atoms with van der Waals surface area (Å²) in [6.07, 6.45) is 4.87. The number of likely N-dealkylation sites (tertiary alicyclic amines) is 1. The van der Waals surface area contributed by atoms with Gasteiger partial charge in [0, 0.05) is 34.1 Å². The van der Waals surface area contributed by atoms with Crippen molar-refractivity contribution in [3.05, 3.63) is 27.2 Å². The minimum absolute atomic E-state index is 0.0194. The fourth-order valence-corrected chi connectivity index (χ4v) is 4.06. The first-order valence-corrected chi connectivity index (χ1v) is 8.83. The Balaban J connectivity index is 2.19. The molecule has 0 bridgehead atoms. The molecule has 130 valence electrons. The highest BCUT2D eigenvalue weighted by atomic mass is 32.2. The first-order chi connectivity index (χ1) is 11.4. The van der Waals surface area contributed by atoms with Gasteiger partial charge < -0.3 is 0 Å². The van der Waals surface area contributed by atoms with Crippen LogP contribution in [0, 0.1) is 0 Å². The van der Waals surface area contributed by atoms with Gasteiger partial charge in [-0.3, -0.25) is 28.2 Å². The van der Waals surface area contributed by atoms with E-state index < -0.39 is 11.2 Å². The molecule has 3 heterocycles. The standard InChI is InChI=1S/C15H21N5O3S/c1-10(21)24-15(19-7-5-4-6-8-19)20-9-16-12-11(20)13(22)18(3)14(23)17(12)2/h9,15H,4-8H2,1-3H3. The number of hydrogen-bond donors (Lipinski definition) is 0. The Labute approximate surface area is 143 Å². The highest BCUT2D eigenvalue weighted by Gasteiger charge is 2.27. The molecule has 0 radical (unpaired) electrons. The number of imidazole rings is 1. The lowest BCUT2D eigenvalue weighted by Crippen LogP contribution is -2.40. The van der Waals surface area contributed by atoms with E-state index in [4.69, 9.17) is 0 Å². The largest absolute Gasteiger partial charge is 0.332 e. The van der Waals surface area contributed by atoms with E-state index in [1.54, 1.807) is 17.9 Å². The van der Waals surface area contributed by atoms with E-state index in [-0.39, 0.29) is 10.6 Å². The summed E-state index contributed by atoms with van der Waals surface area (Å²) in [5, 5.41) is -0.0194. The van der Waals surface area contributed by atoms with E-state index >= 15 is 0 Å². The van der Waals surface area contributed by atoms with Crippen molar-refractivity contribution in [2.24, 2.45) is 14.1 Å². The average Bonchev–Trinajstić information content (AvgIpc) is 3.01. The van der Waals surface area contributed by atoms with Crippen molar-refractivity contribution in [2.75, 3.05) is 13.1 Å². The summed E-state index contributed by atoms with van der Waals surface area (Å²) in [6.45, 7) is 3.27. The van der Waals surface area contributed by atoms with Crippen molar-refractivity contribution in [2.45, 2.75) is 31.7 Å². The molecule has 0 N–H and O–H groups in total. The zero-order valence-electron chi connectivity index (χ0n) is 14.1. The van der Waals surface area contributed by atoms with Crippen molar-refractivity contribution in [1.29, 1.82) is 0 Å². The minimum Gasteiger partial charge on any atom is -0.298 e. The number of thioether (sulfide) groups is 1. The normalized spacial score (nSPS) is 17.3. The number of hydrogen-bond acceptors (Lipinski definition) is 6. The quantitative estimate of drug-likeness (QED) is 0.808. The Morgan fingerprint density at radius 3 is 2.46 bits per heavy atom. The van der Waals surface area contributed by atoms with E-state index in [0.29, 0.717) is 11.2 Å². The predicted octanol–water partition coefficient (Wildman–Crippen LogP) is 0.655. The number of nitrogens with zero attached hydrogens (tertiary/aromatic N) is 5. The van der Waals surface area contributed by atoms with Gasteiger partial charge in [0.05, 0.1) is 6.33 Å². The number of carbonyl (C=O) groups excluding carboxylic acids is 1. The second-order valence-electron chi connectivity index (χ2n) is 6.06. The van der Waals surface area contributed by atoms with Crippen LogP contribution in [0.15, 0.2) is 15.9 Å². The Hall–Kier alpha value is -1.87. The average molecular weight is 351 g/mol. The summed E-state index contributed by atoms with van der Waals surface area (Å²) in [5.74, 6) is 0. The number of rotatable bonds is 3. The molecule has 0 aromatic carbocycles. The third kappa shape index (κ3) is 2.82. The van der Waals surface area contributed by atoms with Gasteiger partial charge in [0.25, 0.3) is 5.56 Å². The maximum atomic E-state index is 12.6. The zero-order valence-corrected chi connectivity index (χ0v) is 14.9. The molecular formula is C15H21N5O3S. The van der Waals surface area contributed by atoms with Gasteiger partial charge >= 0.3 is 5.69 Å². The van der Waals surface area contributed by atoms with Gasteiger partial charge in [0.2, 0.25) is 0 Å². The van der Waals surface area contributed by atoms with Gasteiger partial charge in [-0.2, -0.15) is 0 Å². The molecule has 2 aromatic rings. The summed E-state index contributed by atoms with van der Waals surface area (Å²) >= 11 is 1.18. The van der Waals surface area contributed by atoms with Gasteiger partial charge in [-0.1, -0.05) is 6.42 Å². The molecular weight excluding hydrogens is 330 g/mol. The van der Waals surface area contributed by atoms with Gasteiger partial charge in [-0.15, -0.1) is 0 Å². The lowest BCUT2D eigenvalue weighted by atomic mass is 10.1. The van der Waals surface area contributed by atoms with Crippen LogP contribution < -0.4 is 11.2 Å². The molecule has 2 aromatic heterocycles. The smallest absolute Gasteiger partial charge is 0.298 e. The topological polar surface area (TPSA) is 82.1 Å². The van der Waals surface area contributed by atoms with Crippen LogP contribution in [-0.2, 0) is 18.9 Å². The van der Waals surface area contributed by atoms with Crippen molar-refractivity contribution in [3.63, 3.8) is 0 Å². The van der Waals surface area contributed by atoms with Gasteiger partial charge in [0.15, 0.2) is 16.3 Å². The Morgan fingerprint density at radius 2 is 1.83 bits per heavy atom. The van der Waals surface area contributed by atoms with Crippen LogP contribution in [0.25, 0.3) is 11.2 Å². The van der Waals surface area contributed by atoms with E-state index in [1.807, 2.05) is 0 Å². The SMILES string of the molecule is CC(=O)SC(N1CCCCC1)n1cnc2c1c(=O)n(C)c(=O)n2C. The predicted molar refractivity (Wildman–Crippen MR) is 92.9 cm³/mol. The lowest BCUT2D eigenvalue weighted by molar-refractivity contribution is -0.109.